The molecule has 0 radical (unpaired) electrons. The number of hydrogen-bond donors (Lipinski definition) is 1. The first-order valence-corrected chi connectivity index (χ1v) is 8.12. The minimum atomic E-state index is -0.391. The van der Waals surface area contributed by atoms with Crippen LogP contribution in [0.4, 0.5) is 0 Å². The SMILES string of the molecule is C[C@H](c1ccccc1)c1ccc(C(=O)O[C@H](C)CC[NH+](C)C)o1. The number of carbonyl (C=O) groups excluding carboxylic acids is 1. The predicted molar refractivity (Wildman–Crippen MR) is 89.8 cm³/mol. The summed E-state index contributed by atoms with van der Waals surface area (Å²) in [6.07, 6.45) is 0.722. The lowest BCUT2D eigenvalue weighted by Crippen LogP contribution is -3.05. The fourth-order valence-electron chi connectivity index (χ4n) is 2.39. The molecule has 0 saturated heterocycles. The molecule has 0 unspecified atom stereocenters. The molecule has 2 rings (SSSR count). The van der Waals surface area contributed by atoms with Crippen LogP contribution in [-0.2, 0) is 4.74 Å². The molecule has 1 heterocycles. The molecule has 0 spiro atoms. The number of carbonyl (C=O) groups is 1. The van der Waals surface area contributed by atoms with E-state index < -0.39 is 5.97 Å². The van der Waals surface area contributed by atoms with Crippen LogP contribution in [0.5, 0.6) is 0 Å². The van der Waals surface area contributed by atoms with Gasteiger partial charge >= 0.3 is 5.97 Å². The number of ether oxygens (including phenoxy) is 1. The molecule has 124 valence electrons. The van der Waals surface area contributed by atoms with E-state index in [1.165, 1.54) is 4.90 Å². The quantitative estimate of drug-likeness (QED) is 0.798. The maximum atomic E-state index is 12.1. The third kappa shape index (κ3) is 4.96. The molecule has 0 bridgehead atoms. The van der Waals surface area contributed by atoms with Gasteiger partial charge in [0.05, 0.1) is 20.6 Å². The maximum Gasteiger partial charge on any atom is 0.374 e. The minimum Gasteiger partial charge on any atom is -0.457 e. The minimum absolute atomic E-state index is 0.104. The monoisotopic (exact) mass is 316 g/mol. The number of quaternary nitrogens is 1. The molecule has 4 nitrogen and oxygen atoms in total. The van der Waals surface area contributed by atoms with E-state index in [1.54, 1.807) is 6.07 Å². The summed E-state index contributed by atoms with van der Waals surface area (Å²) in [7, 11) is 4.16. The van der Waals surface area contributed by atoms with Crippen molar-refractivity contribution in [2.75, 3.05) is 20.6 Å². The normalized spacial score (nSPS) is 13.8. The highest BCUT2D eigenvalue weighted by Gasteiger charge is 2.19. The van der Waals surface area contributed by atoms with Crippen LogP contribution >= 0.6 is 0 Å². The van der Waals surface area contributed by atoms with Crippen molar-refractivity contribution in [2.45, 2.75) is 32.3 Å². The molecule has 2 aromatic rings. The largest absolute Gasteiger partial charge is 0.457 e. The van der Waals surface area contributed by atoms with Gasteiger partial charge in [0.15, 0.2) is 0 Å². The molecule has 4 heteroatoms. The van der Waals surface area contributed by atoms with Crippen molar-refractivity contribution in [3.63, 3.8) is 0 Å². The average Bonchev–Trinajstić information content (AvgIpc) is 3.03. The molecule has 1 N–H and O–H groups in total. The van der Waals surface area contributed by atoms with E-state index >= 15 is 0 Å². The van der Waals surface area contributed by atoms with Gasteiger partial charge in [-0.1, -0.05) is 37.3 Å². The number of hydrogen-bond acceptors (Lipinski definition) is 3. The topological polar surface area (TPSA) is 43.9 Å². The molecule has 0 saturated carbocycles. The van der Waals surface area contributed by atoms with Crippen LogP contribution in [0, 0.1) is 0 Å². The summed E-state index contributed by atoms with van der Waals surface area (Å²) >= 11 is 0. The predicted octanol–water partition coefficient (Wildman–Crippen LogP) is 2.51. The molecule has 1 aromatic heterocycles. The third-order valence-corrected chi connectivity index (χ3v) is 3.91. The second kappa shape index (κ2) is 7.97. The van der Waals surface area contributed by atoms with E-state index in [0.717, 1.165) is 24.3 Å². The summed E-state index contributed by atoms with van der Waals surface area (Å²) in [6, 6.07) is 13.6. The highest BCUT2D eigenvalue weighted by atomic mass is 16.6. The lowest BCUT2D eigenvalue weighted by Gasteiger charge is -2.14. The number of benzene rings is 1. The van der Waals surface area contributed by atoms with Crippen LogP contribution in [0.15, 0.2) is 46.9 Å². The first kappa shape index (κ1) is 17.3. The van der Waals surface area contributed by atoms with Gasteiger partial charge in [0.1, 0.15) is 11.9 Å². The average molecular weight is 316 g/mol. The van der Waals surface area contributed by atoms with Gasteiger partial charge in [0.25, 0.3) is 0 Å². The van der Waals surface area contributed by atoms with Crippen LogP contribution in [0.3, 0.4) is 0 Å². The van der Waals surface area contributed by atoms with Crippen molar-refractivity contribution in [2.24, 2.45) is 0 Å². The number of rotatable bonds is 7. The lowest BCUT2D eigenvalue weighted by atomic mass is 9.99. The Labute approximate surface area is 138 Å². The van der Waals surface area contributed by atoms with Crippen molar-refractivity contribution >= 4 is 5.97 Å². The van der Waals surface area contributed by atoms with Crippen LogP contribution < -0.4 is 4.90 Å². The highest BCUT2D eigenvalue weighted by molar-refractivity contribution is 5.86. The fraction of sp³-hybridized carbons (Fsp3) is 0.421. The Bertz CT molecular complexity index is 619. The number of nitrogens with one attached hydrogen (secondary N) is 1. The molecule has 1 aromatic carbocycles. The standard InChI is InChI=1S/C19H25NO3/c1-14(12-13-20(3)4)22-19(21)18-11-10-17(23-18)15(2)16-8-6-5-7-9-16/h5-11,14-15H,12-13H2,1-4H3/p+1/t14-,15-/m1/s1. The van der Waals surface area contributed by atoms with Crippen molar-refractivity contribution in [1.29, 1.82) is 0 Å². The Morgan fingerprint density at radius 3 is 2.48 bits per heavy atom. The van der Waals surface area contributed by atoms with E-state index in [2.05, 4.69) is 33.2 Å². The van der Waals surface area contributed by atoms with E-state index in [-0.39, 0.29) is 17.8 Å². The zero-order chi connectivity index (χ0) is 16.8. The summed E-state index contributed by atoms with van der Waals surface area (Å²) in [5.41, 5.74) is 1.16. The van der Waals surface area contributed by atoms with Gasteiger partial charge in [0.2, 0.25) is 5.76 Å². The number of furan rings is 1. The molecule has 0 aliphatic carbocycles. The van der Waals surface area contributed by atoms with Crippen LogP contribution in [0.2, 0.25) is 0 Å². The maximum absolute atomic E-state index is 12.1. The van der Waals surface area contributed by atoms with Gasteiger partial charge in [-0.2, -0.15) is 0 Å². The van der Waals surface area contributed by atoms with Crippen LogP contribution in [0.25, 0.3) is 0 Å². The second-order valence-electron chi connectivity index (χ2n) is 6.30. The van der Waals surface area contributed by atoms with E-state index in [4.69, 9.17) is 9.15 Å². The summed E-state index contributed by atoms with van der Waals surface area (Å²) in [5.74, 6) is 0.755. The molecule has 23 heavy (non-hydrogen) atoms. The Hall–Kier alpha value is -2.07. The zero-order valence-electron chi connectivity index (χ0n) is 14.3. The zero-order valence-corrected chi connectivity index (χ0v) is 14.3. The molecular formula is C19H26NO3+. The van der Waals surface area contributed by atoms with E-state index in [9.17, 15) is 4.79 Å². The molecule has 0 fully saturated rings. The van der Waals surface area contributed by atoms with E-state index in [1.807, 2.05) is 31.2 Å². The van der Waals surface area contributed by atoms with Gasteiger partial charge in [-0.25, -0.2) is 4.79 Å². The highest BCUT2D eigenvalue weighted by Crippen LogP contribution is 2.26. The molecule has 0 aliphatic rings. The molecule has 0 amide bonds. The first-order chi connectivity index (χ1) is 11.0. The molecule has 0 aliphatic heterocycles. The second-order valence-corrected chi connectivity index (χ2v) is 6.30. The Morgan fingerprint density at radius 1 is 1.13 bits per heavy atom. The van der Waals surface area contributed by atoms with Crippen LogP contribution in [-0.4, -0.2) is 32.7 Å². The lowest BCUT2D eigenvalue weighted by molar-refractivity contribution is -0.858. The van der Waals surface area contributed by atoms with Gasteiger partial charge in [0, 0.05) is 12.3 Å². The Morgan fingerprint density at radius 2 is 1.83 bits per heavy atom. The van der Waals surface area contributed by atoms with Gasteiger partial charge in [-0.05, 0) is 24.6 Å². The first-order valence-electron chi connectivity index (χ1n) is 8.12. The molecule has 2 atom stereocenters. The Balaban J connectivity index is 1.97. The summed E-state index contributed by atoms with van der Waals surface area (Å²) in [6.45, 7) is 4.94. The fourth-order valence-corrected chi connectivity index (χ4v) is 2.39. The summed E-state index contributed by atoms with van der Waals surface area (Å²) < 4.78 is 11.1. The van der Waals surface area contributed by atoms with Gasteiger partial charge in [-0.15, -0.1) is 0 Å². The van der Waals surface area contributed by atoms with Crippen molar-refractivity contribution in [3.8, 4) is 0 Å². The summed E-state index contributed by atoms with van der Waals surface area (Å²) in [5, 5.41) is 0. The van der Waals surface area contributed by atoms with Gasteiger partial charge in [-0.3, -0.25) is 0 Å². The van der Waals surface area contributed by atoms with Crippen molar-refractivity contribution in [1.82, 2.24) is 0 Å². The van der Waals surface area contributed by atoms with Gasteiger partial charge < -0.3 is 14.1 Å². The summed E-state index contributed by atoms with van der Waals surface area (Å²) in [4.78, 5) is 13.5. The Kier molecular flexibility index (Phi) is 5.99. The van der Waals surface area contributed by atoms with E-state index in [0.29, 0.717) is 0 Å². The van der Waals surface area contributed by atoms with Crippen LogP contribution in [0.1, 0.15) is 48.1 Å². The smallest absolute Gasteiger partial charge is 0.374 e. The molecular weight excluding hydrogens is 290 g/mol. The third-order valence-electron chi connectivity index (χ3n) is 3.91. The van der Waals surface area contributed by atoms with Crippen molar-refractivity contribution < 1.29 is 18.8 Å². The number of esters is 1. The van der Waals surface area contributed by atoms with Crippen molar-refractivity contribution in [3.05, 3.63) is 59.5 Å².